The minimum absolute atomic E-state index is 0.0681. The first-order chi connectivity index (χ1) is 11.2. The number of imidazole rings is 1. The van der Waals surface area contributed by atoms with Gasteiger partial charge >= 0.3 is 0 Å². The lowest BCUT2D eigenvalue weighted by atomic mass is 9.74. The average molecular weight is 321 g/mol. The number of aliphatic hydroxyl groups is 1. The molecule has 3 rings (SSSR count). The Kier molecular flexibility index (Phi) is 5.72. The molecule has 2 aliphatic heterocycles. The van der Waals surface area contributed by atoms with Gasteiger partial charge in [0.05, 0.1) is 12.6 Å². The van der Waals surface area contributed by atoms with E-state index >= 15 is 0 Å². The molecule has 3 heterocycles. The average Bonchev–Trinajstić information content (AvgIpc) is 3.05. The quantitative estimate of drug-likeness (QED) is 0.874. The first-order valence-electron chi connectivity index (χ1n) is 9.19. The Labute approximate surface area is 139 Å². The number of hydrogen-bond donors (Lipinski definition) is 1. The summed E-state index contributed by atoms with van der Waals surface area (Å²) in [6.45, 7) is 7.34. The van der Waals surface area contributed by atoms with E-state index in [1.165, 1.54) is 19.3 Å². The minimum Gasteiger partial charge on any atom is -0.396 e. The van der Waals surface area contributed by atoms with Crippen molar-refractivity contribution in [3.63, 3.8) is 0 Å². The standard InChI is InChI=1S/C18H31N3O2/c1-2-21-11-8-19-17(21)14-20-9-6-18(15-22,7-10-20)13-16-5-3-4-12-23-16/h8,11,16,22H,2-7,9-10,12-15H2,1H3. The van der Waals surface area contributed by atoms with E-state index in [1.54, 1.807) is 0 Å². The van der Waals surface area contributed by atoms with Crippen LogP contribution in [0, 0.1) is 5.41 Å². The summed E-state index contributed by atoms with van der Waals surface area (Å²) < 4.78 is 8.12. The molecule has 1 atom stereocenters. The lowest BCUT2D eigenvalue weighted by Gasteiger charge is -2.43. The molecule has 2 saturated heterocycles. The van der Waals surface area contributed by atoms with Gasteiger partial charge in [-0.25, -0.2) is 4.98 Å². The summed E-state index contributed by atoms with van der Waals surface area (Å²) in [5.41, 5.74) is 0.0681. The second-order valence-electron chi connectivity index (χ2n) is 7.26. The Balaban J connectivity index is 1.53. The second-order valence-corrected chi connectivity index (χ2v) is 7.26. The van der Waals surface area contributed by atoms with Crippen LogP contribution in [0.1, 0.15) is 51.3 Å². The molecule has 1 aromatic heterocycles. The molecule has 0 saturated carbocycles. The van der Waals surface area contributed by atoms with Crippen LogP contribution in [0.3, 0.4) is 0 Å². The maximum Gasteiger partial charge on any atom is 0.122 e. The number of aromatic nitrogens is 2. The number of hydrogen-bond acceptors (Lipinski definition) is 4. The Morgan fingerprint density at radius 1 is 1.35 bits per heavy atom. The topological polar surface area (TPSA) is 50.5 Å². The molecule has 0 bridgehead atoms. The van der Waals surface area contributed by atoms with Crippen molar-refractivity contribution in [1.82, 2.24) is 14.5 Å². The highest BCUT2D eigenvalue weighted by atomic mass is 16.5. The molecule has 2 aliphatic rings. The predicted octanol–water partition coefficient (Wildman–Crippen LogP) is 2.44. The van der Waals surface area contributed by atoms with Gasteiger partial charge in [-0.1, -0.05) is 0 Å². The summed E-state index contributed by atoms with van der Waals surface area (Å²) in [7, 11) is 0. The highest BCUT2D eigenvalue weighted by Gasteiger charge is 2.37. The van der Waals surface area contributed by atoms with Gasteiger partial charge in [0.1, 0.15) is 5.82 Å². The van der Waals surface area contributed by atoms with Gasteiger partial charge in [-0.05, 0) is 64.0 Å². The van der Waals surface area contributed by atoms with E-state index < -0.39 is 0 Å². The Hall–Kier alpha value is -0.910. The van der Waals surface area contributed by atoms with Crippen molar-refractivity contribution in [2.45, 2.75) is 64.6 Å². The van der Waals surface area contributed by atoms with Crippen molar-refractivity contribution in [3.8, 4) is 0 Å². The van der Waals surface area contributed by atoms with Crippen LogP contribution in [0.15, 0.2) is 12.4 Å². The summed E-state index contributed by atoms with van der Waals surface area (Å²) in [5.74, 6) is 1.15. The zero-order chi connectivity index (χ0) is 16.1. The van der Waals surface area contributed by atoms with Crippen molar-refractivity contribution in [2.24, 2.45) is 5.41 Å². The number of aryl methyl sites for hydroxylation is 1. The fourth-order valence-corrected chi connectivity index (χ4v) is 4.04. The van der Waals surface area contributed by atoms with E-state index in [0.717, 1.165) is 57.9 Å². The number of rotatable bonds is 6. The van der Waals surface area contributed by atoms with E-state index in [2.05, 4.69) is 27.6 Å². The molecule has 1 unspecified atom stereocenters. The second kappa shape index (κ2) is 7.77. The minimum atomic E-state index is 0.0681. The van der Waals surface area contributed by atoms with Crippen molar-refractivity contribution in [2.75, 3.05) is 26.3 Å². The van der Waals surface area contributed by atoms with Gasteiger partial charge in [0.15, 0.2) is 0 Å². The number of aliphatic hydroxyl groups excluding tert-OH is 1. The molecule has 5 nitrogen and oxygen atoms in total. The molecule has 5 heteroatoms. The van der Waals surface area contributed by atoms with Crippen LogP contribution >= 0.6 is 0 Å². The molecular formula is C18H31N3O2. The van der Waals surface area contributed by atoms with Gasteiger partial charge in [0.25, 0.3) is 0 Å². The fraction of sp³-hybridized carbons (Fsp3) is 0.833. The third-order valence-electron chi connectivity index (χ3n) is 5.69. The maximum atomic E-state index is 10.0. The third-order valence-corrected chi connectivity index (χ3v) is 5.69. The molecule has 1 aromatic rings. The summed E-state index contributed by atoms with van der Waals surface area (Å²) in [6, 6.07) is 0. The monoisotopic (exact) mass is 321 g/mol. The molecular weight excluding hydrogens is 290 g/mol. The molecule has 0 aliphatic carbocycles. The van der Waals surface area contributed by atoms with Gasteiger partial charge in [-0.3, -0.25) is 4.90 Å². The smallest absolute Gasteiger partial charge is 0.122 e. The number of ether oxygens (including phenoxy) is 1. The molecule has 23 heavy (non-hydrogen) atoms. The Morgan fingerprint density at radius 2 is 2.17 bits per heavy atom. The summed E-state index contributed by atoms with van der Waals surface area (Å²) in [6.07, 6.45) is 11.1. The first kappa shape index (κ1) is 16.9. The largest absolute Gasteiger partial charge is 0.396 e. The van der Waals surface area contributed by atoms with Crippen molar-refractivity contribution in [3.05, 3.63) is 18.2 Å². The molecule has 0 spiro atoms. The zero-order valence-electron chi connectivity index (χ0n) is 14.4. The van der Waals surface area contributed by atoms with Crippen LogP contribution in [0.4, 0.5) is 0 Å². The number of likely N-dealkylation sites (tertiary alicyclic amines) is 1. The summed E-state index contributed by atoms with van der Waals surface area (Å²) >= 11 is 0. The van der Waals surface area contributed by atoms with E-state index in [1.807, 2.05) is 6.20 Å². The lowest BCUT2D eigenvalue weighted by molar-refractivity contribution is -0.0489. The van der Waals surface area contributed by atoms with Gasteiger partial charge in [-0.15, -0.1) is 0 Å². The molecule has 0 amide bonds. The van der Waals surface area contributed by atoms with E-state index in [-0.39, 0.29) is 5.41 Å². The predicted molar refractivity (Wildman–Crippen MR) is 90.1 cm³/mol. The van der Waals surface area contributed by atoms with Crippen LogP contribution in [-0.4, -0.2) is 52.0 Å². The Morgan fingerprint density at radius 3 is 2.83 bits per heavy atom. The van der Waals surface area contributed by atoms with Gasteiger partial charge in [-0.2, -0.15) is 0 Å². The maximum absolute atomic E-state index is 10.0. The molecule has 0 aromatic carbocycles. The van der Waals surface area contributed by atoms with E-state index in [0.29, 0.717) is 12.7 Å². The van der Waals surface area contributed by atoms with Crippen LogP contribution in [0.2, 0.25) is 0 Å². The van der Waals surface area contributed by atoms with Crippen molar-refractivity contribution in [1.29, 1.82) is 0 Å². The lowest BCUT2D eigenvalue weighted by Crippen LogP contribution is -2.44. The first-order valence-corrected chi connectivity index (χ1v) is 9.19. The van der Waals surface area contributed by atoms with Crippen LogP contribution in [0.25, 0.3) is 0 Å². The highest BCUT2D eigenvalue weighted by molar-refractivity contribution is 4.95. The summed E-state index contributed by atoms with van der Waals surface area (Å²) in [5, 5.41) is 10.0. The van der Waals surface area contributed by atoms with Gasteiger partial charge in [0, 0.05) is 32.2 Å². The highest BCUT2D eigenvalue weighted by Crippen LogP contribution is 2.38. The number of nitrogens with zero attached hydrogens (tertiary/aromatic N) is 3. The van der Waals surface area contributed by atoms with Crippen LogP contribution in [-0.2, 0) is 17.8 Å². The molecule has 0 radical (unpaired) electrons. The summed E-state index contributed by atoms with van der Waals surface area (Å²) in [4.78, 5) is 6.96. The van der Waals surface area contributed by atoms with E-state index in [4.69, 9.17) is 4.74 Å². The normalized spacial score (nSPS) is 25.6. The van der Waals surface area contributed by atoms with Crippen molar-refractivity contribution < 1.29 is 9.84 Å². The van der Waals surface area contributed by atoms with Crippen LogP contribution < -0.4 is 0 Å². The number of piperidine rings is 1. The van der Waals surface area contributed by atoms with Gasteiger partial charge in [0.2, 0.25) is 0 Å². The SMILES string of the molecule is CCn1ccnc1CN1CCC(CO)(CC2CCCCO2)CC1. The Bertz CT molecular complexity index is 474. The molecule has 2 fully saturated rings. The molecule has 1 N–H and O–H groups in total. The van der Waals surface area contributed by atoms with Crippen molar-refractivity contribution >= 4 is 0 Å². The van der Waals surface area contributed by atoms with Gasteiger partial charge < -0.3 is 14.4 Å². The third kappa shape index (κ3) is 4.14. The van der Waals surface area contributed by atoms with Crippen LogP contribution in [0.5, 0.6) is 0 Å². The fourth-order valence-electron chi connectivity index (χ4n) is 4.04. The van der Waals surface area contributed by atoms with E-state index in [9.17, 15) is 5.11 Å². The molecule has 130 valence electrons. The zero-order valence-corrected chi connectivity index (χ0v) is 14.4.